The summed E-state index contributed by atoms with van der Waals surface area (Å²) in [5.41, 5.74) is 1.68. The molecule has 2 aromatic rings. The van der Waals surface area contributed by atoms with Crippen LogP contribution in [0.2, 0.25) is 0 Å². The molecule has 0 aliphatic heterocycles. The van der Waals surface area contributed by atoms with Gasteiger partial charge in [0, 0.05) is 27.6 Å². The second-order valence-electron chi connectivity index (χ2n) is 5.39. The van der Waals surface area contributed by atoms with E-state index in [-0.39, 0.29) is 10.3 Å². The highest BCUT2D eigenvalue weighted by atomic mass is 32.2. The first-order chi connectivity index (χ1) is 9.40. The van der Waals surface area contributed by atoms with Crippen molar-refractivity contribution >= 4 is 11.8 Å². The first kappa shape index (κ1) is 14.5. The molecule has 1 aromatic heterocycles. The molecule has 0 fully saturated rings. The van der Waals surface area contributed by atoms with Gasteiger partial charge < -0.3 is 0 Å². The lowest BCUT2D eigenvalue weighted by molar-refractivity contribution is 0.624. The monoisotopic (exact) mass is 286 g/mol. The van der Waals surface area contributed by atoms with Crippen LogP contribution in [0.4, 0.5) is 4.39 Å². The second-order valence-corrected chi connectivity index (χ2v) is 7.26. The van der Waals surface area contributed by atoms with Crippen LogP contribution in [0, 0.1) is 17.1 Å². The molecule has 2 rings (SSSR count). The fraction of sp³-hybridized carbons (Fsp3) is 0.250. The Balaban J connectivity index is 2.48. The molecule has 0 radical (unpaired) electrons. The Morgan fingerprint density at radius 2 is 2.00 bits per heavy atom. The Morgan fingerprint density at radius 1 is 1.25 bits per heavy atom. The smallest absolute Gasteiger partial charge is 0.141 e. The number of nitrogens with zero attached hydrogens (tertiary/aromatic N) is 2. The number of hydrogen-bond acceptors (Lipinski definition) is 3. The number of halogens is 1. The maximum atomic E-state index is 13.8. The van der Waals surface area contributed by atoms with Gasteiger partial charge >= 0.3 is 0 Å². The summed E-state index contributed by atoms with van der Waals surface area (Å²) in [4.78, 5) is 5.18. The number of pyridine rings is 1. The van der Waals surface area contributed by atoms with Crippen LogP contribution >= 0.6 is 11.8 Å². The van der Waals surface area contributed by atoms with Gasteiger partial charge in [-0.05, 0) is 23.8 Å². The zero-order chi connectivity index (χ0) is 14.8. The quantitative estimate of drug-likeness (QED) is 0.754. The highest BCUT2D eigenvalue weighted by Crippen LogP contribution is 2.38. The maximum Gasteiger partial charge on any atom is 0.141 e. The highest BCUT2D eigenvalue weighted by molar-refractivity contribution is 8.00. The van der Waals surface area contributed by atoms with Gasteiger partial charge in [-0.3, -0.25) is 4.98 Å². The van der Waals surface area contributed by atoms with Gasteiger partial charge in [0.25, 0.3) is 0 Å². The summed E-state index contributed by atoms with van der Waals surface area (Å²) in [6, 6.07) is 8.41. The summed E-state index contributed by atoms with van der Waals surface area (Å²) in [6.07, 6.45) is 3.46. The average molecular weight is 286 g/mol. The summed E-state index contributed by atoms with van der Waals surface area (Å²) in [5, 5.41) is 8.78. The van der Waals surface area contributed by atoms with Crippen molar-refractivity contribution in [1.29, 1.82) is 5.26 Å². The number of nitriles is 1. The minimum absolute atomic E-state index is 0.0568. The van der Waals surface area contributed by atoms with Gasteiger partial charge in [0.05, 0.1) is 5.56 Å². The number of aromatic nitrogens is 1. The number of hydrogen-bond donors (Lipinski definition) is 0. The van der Waals surface area contributed by atoms with Crippen LogP contribution in [0.25, 0.3) is 11.1 Å². The lowest BCUT2D eigenvalue weighted by Crippen LogP contribution is -2.07. The van der Waals surface area contributed by atoms with Gasteiger partial charge in [-0.25, -0.2) is 4.39 Å². The van der Waals surface area contributed by atoms with E-state index in [1.165, 1.54) is 12.1 Å². The Labute approximate surface area is 122 Å². The molecule has 0 unspecified atom stereocenters. The van der Waals surface area contributed by atoms with Crippen molar-refractivity contribution in [2.24, 2.45) is 0 Å². The van der Waals surface area contributed by atoms with E-state index in [2.05, 4.69) is 25.8 Å². The molecule has 0 saturated carbocycles. The molecule has 1 heterocycles. The topological polar surface area (TPSA) is 36.7 Å². The zero-order valence-corrected chi connectivity index (χ0v) is 12.5. The third-order valence-electron chi connectivity index (χ3n) is 2.60. The third kappa shape index (κ3) is 3.37. The molecule has 1 aromatic carbocycles. The van der Waals surface area contributed by atoms with E-state index in [0.29, 0.717) is 0 Å². The summed E-state index contributed by atoms with van der Waals surface area (Å²) in [7, 11) is 0. The Hall–Kier alpha value is -1.86. The molecule has 0 amide bonds. The van der Waals surface area contributed by atoms with Gasteiger partial charge in [-0.15, -0.1) is 11.8 Å². The van der Waals surface area contributed by atoms with Crippen molar-refractivity contribution < 1.29 is 4.39 Å². The summed E-state index contributed by atoms with van der Waals surface area (Å²) >= 11 is 1.71. The van der Waals surface area contributed by atoms with E-state index < -0.39 is 5.82 Å². The SMILES string of the molecule is CC(C)(C)Sc1ccncc1-c1ccc(C#N)c(F)c1. The minimum atomic E-state index is -0.499. The first-order valence-corrected chi connectivity index (χ1v) is 7.05. The largest absolute Gasteiger partial charge is 0.264 e. The molecule has 102 valence electrons. The lowest BCUT2D eigenvalue weighted by atomic mass is 10.1. The third-order valence-corrected chi connectivity index (χ3v) is 3.79. The van der Waals surface area contributed by atoms with Crippen LogP contribution in [0.15, 0.2) is 41.6 Å². The van der Waals surface area contributed by atoms with Crippen LogP contribution < -0.4 is 0 Å². The molecule has 0 aliphatic rings. The van der Waals surface area contributed by atoms with Crippen molar-refractivity contribution in [3.63, 3.8) is 0 Å². The van der Waals surface area contributed by atoms with Crippen LogP contribution in [-0.4, -0.2) is 9.73 Å². The number of rotatable bonds is 2. The summed E-state index contributed by atoms with van der Waals surface area (Å²) < 4.78 is 13.8. The molecule has 0 spiro atoms. The van der Waals surface area contributed by atoms with Crippen LogP contribution in [0.3, 0.4) is 0 Å². The summed E-state index contributed by atoms with van der Waals surface area (Å²) in [5.74, 6) is -0.499. The van der Waals surface area contributed by atoms with Crippen molar-refractivity contribution in [1.82, 2.24) is 4.98 Å². The van der Waals surface area contributed by atoms with E-state index in [4.69, 9.17) is 5.26 Å². The molecule has 20 heavy (non-hydrogen) atoms. The van der Waals surface area contributed by atoms with Crippen LogP contribution in [0.5, 0.6) is 0 Å². The molecule has 0 bridgehead atoms. The molecule has 0 atom stereocenters. The fourth-order valence-corrected chi connectivity index (χ4v) is 2.86. The highest BCUT2D eigenvalue weighted by Gasteiger charge is 2.16. The lowest BCUT2D eigenvalue weighted by Gasteiger charge is -2.19. The predicted molar refractivity (Wildman–Crippen MR) is 80.0 cm³/mol. The fourth-order valence-electron chi connectivity index (χ4n) is 1.79. The van der Waals surface area contributed by atoms with Gasteiger partial charge in [-0.1, -0.05) is 26.8 Å². The van der Waals surface area contributed by atoms with Crippen molar-refractivity contribution in [3.8, 4) is 17.2 Å². The van der Waals surface area contributed by atoms with E-state index in [0.717, 1.165) is 16.0 Å². The van der Waals surface area contributed by atoms with E-state index in [1.54, 1.807) is 30.2 Å². The van der Waals surface area contributed by atoms with E-state index in [1.807, 2.05) is 12.1 Å². The zero-order valence-electron chi connectivity index (χ0n) is 11.6. The number of benzene rings is 1. The van der Waals surface area contributed by atoms with E-state index in [9.17, 15) is 4.39 Å². The van der Waals surface area contributed by atoms with Gasteiger partial charge in [-0.2, -0.15) is 5.26 Å². The van der Waals surface area contributed by atoms with Crippen molar-refractivity contribution in [2.75, 3.05) is 0 Å². The summed E-state index contributed by atoms with van der Waals surface area (Å²) in [6.45, 7) is 6.38. The Morgan fingerprint density at radius 3 is 2.60 bits per heavy atom. The Bertz CT molecular complexity index is 669. The molecule has 0 saturated heterocycles. The minimum Gasteiger partial charge on any atom is -0.264 e. The van der Waals surface area contributed by atoms with E-state index >= 15 is 0 Å². The molecular weight excluding hydrogens is 271 g/mol. The van der Waals surface area contributed by atoms with Gasteiger partial charge in [0.15, 0.2) is 0 Å². The Kier molecular flexibility index (Phi) is 4.10. The maximum absolute atomic E-state index is 13.8. The average Bonchev–Trinajstić information content (AvgIpc) is 2.37. The molecule has 2 nitrogen and oxygen atoms in total. The first-order valence-electron chi connectivity index (χ1n) is 6.24. The molecular formula is C16H15FN2S. The second kappa shape index (κ2) is 5.64. The van der Waals surface area contributed by atoms with Crippen LogP contribution in [0.1, 0.15) is 26.3 Å². The van der Waals surface area contributed by atoms with Crippen molar-refractivity contribution in [3.05, 3.63) is 48.0 Å². The molecule has 0 aliphatic carbocycles. The van der Waals surface area contributed by atoms with Gasteiger partial charge in [0.1, 0.15) is 11.9 Å². The van der Waals surface area contributed by atoms with Crippen LogP contribution in [-0.2, 0) is 0 Å². The molecule has 0 N–H and O–H groups in total. The van der Waals surface area contributed by atoms with Crippen molar-refractivity contribution in [2.45, 2.75) is 30.4 Å². The predicted octanol–water partition coefficient (Wildman–Crippen LogP) is 4.65. The van der Waals surface area contributed by atoms with Gasteiger partial charge in [0.2, 0.25) is 0 Å². The standard InChI is InChI=1S/C16H15FN2S/c1-16(2,3)20-15-6-7-19-10-13(15)11-4-5-12(9-18)14(17)8-11/h4-8,10H,1-3H3. The molecule has 4 heteroatoms. The number of thioether (sulfide) groups is 1. The normalized spacial score (nSPS) is 11.2.